The largest absolute Gasteiger partial charge is 0.393 e. The Labute approximate surface area is 120 Å². The van der Waals surface area contributed by atoms with E-state index in [9.17, 15) is 5.11 Å². The van der Waals surface area contributed by atoms with Crippen LogP contribution < -0.4 is 16.2 Å². The molecule has 0 bridgehead atoms. The fourth-order valence-electron chi connectivity index (χ4n) is 3.55. The van der Waals surface area contributed by atoms with Gasteiger partial charge in [0.15, 0.2) is 0 Å². The van der Waals surface area contributed by atoms with Gasteiger partial charge < -0.3 is 10.0 Å². The van der Waals surface area contributed by atoms with Gasteiger partial charge in [0.25, 0.3) is 0 Å². The van der Waals surface area contributed by atoms with Gasteiger partial charge >= 0.3 is 0 Å². The molecule has 7 heteroatoms. The molecule has 1 saturated carbocycles. The first-order chi connectivity index (χ1) is 9.76. The van der Waals surface area contributed by atoms with Crippen molar-refractivity contribution in [1.82, 2.24) is 9.97 Å². The molecule has 106 valence electrons. The van der Waals surface area contributed by atoms with E-state index < -0.39 is 0 Å². The van der Waals surface area contributed by atoms with Crippen molar-refractivity contribution in [3.8, 4) is 0 Å². The Morgan fingerprint density at radius 2 is 2.25 bits per heavy atom. The number of thiophene rings is 1. The van der Waals surface area contributed by atoms with Crippen molar-refractivity contribution < 1.29 is 5.11 Å². The number of hydrogen-bond acceptors (Lipinski definition) is 7. The highest BCUT2D eigenvalue weighted by Crippen LogP contribution is 2.41. The normalized spacial score (nSPS) is 29.1. The summed E-state index contributed by atoms with van der Waals surface area (Å²) in [6, 6.07) is 2.06. The molecule has 3 unspecified atom stereocenters. The summed E-state index contributed by atoms with van der Waals surface area (Å²) in [4.78, 5) is 12.1. The van der Waals surface area contributed by atoms with Gasteiger partial charge in [-0.05, 0) is 30.2 Å². The summed E-state index contributed by atoms with van der Waals surface area (Å²) in [5.74, 6) is 7.82. The number of aliphatic hydroxyl groups is 1. The third-order valence-corrected chi connectivity index (χ3v) is 5.36. The van der Waals surface area contributed by atoms with Crippen molar-refractivity contribution in [3.63, 3.8) is 0 Å². The van der Waals surface area contributed by atoms with Crippen LogP contribution in [-0.2, 0) is 0 Å². The van der Waals surface area contributed by atoms with E-state index >= 15 is 0 Å². The zero-order valence-electron chi connectivity index (χ0n) is 11.0. The molecule has 0 aromatic carbocycles. The molecule has 1 aliphatic carbocycles. The highest BCUT2D eigenvalue weighted by Gasteiger charge is 2.42. The summed E-state index contributed by atoms with van der Waals surface area (Å²) >= 11 is 1.59. The van der Waals surface area contributed by atoms with Crippen LogP contribution in [0.2, 0.25) is 0 Å². The van der Waals surface area contributed by atoms with Crippen molar-refractivity contribution in [2.75, 3.05) is 23.4 Å². The molecule has 3 atom stereocenters. The number of aliphatic hydroxyl groups excluding tert-OH is 1. The van der Waals surface area contributed by atoms with E-state index in [1.807, 2.05) is 5.38 Å². The molecule has 2 aromatic heterocycles. The van der Waals surface area contributed by atoms with Crippen LogP contribution in [0.3, 0.4) is 0 Å². The monoisotopic (exact) mass is 291 g/mol. The van der Waals surface area contributed by atoms with E-state index in [0.29, 0.717) is 17.8 Å². The van der Waals surface area contributed by atoms with Crippen molar-refractivity contribution in [3.05, 3.63) is 11.4 Å². The average Bonchev–Trinajstić information content (AvgIpc) is 3.15. The van der Waals surface area contributed by atoms with Gasteiger partial charge in [-0.25, -0.2) is 10.8 Å². The number of nitrogen functional groups attached to an aromatic ring is 1. The predicted molar refractivity (Wildman–Crippen MR) is 79.7 cm³/mol. The number of hydrogen-bond donors (Lipinski definition) is 3. The summed E-state index contributed by atoms with van der Waals surface area (Å²) in [5.41, 5.74) is 2.54. The van der Waals surface area contributed by atoms with E-state index in [0.717, 1.165) is 42.0 Å². The second-order valence-electron chi connectivity index (χ2n) is 5.63. The molecule has 2 fully saturated rings. The number of rotatable bonds is 2. The van der Waals surface area contributed by atoms with Crippen LogP contribution in [0, 0.1) is 11.8 Å². The minimum Gasteiger partial charge on any atom is -0.393 e. The third kappa shape index (κ3) is 1.77. The van der Waals surface area contributed by atoms with Gasteiger partial charge in [0.1, 0.15) is 10.6 Å². The Hall–Kier alpha value is -1.44. The minimum absolute atomic E-state index is 0.156. The molecule has 3 heterocycles. The van der Waals surface area contributed by atoms with Crippen LogP contribution in [0.1, 0.15) is 12.8 Å². The second-order valence-corrected chi connectivity index (χ2v) is 6.52. The Balaban J connectivity index is 1.73. The predicted octanol–water partition coefficient (Wildman–Crippen LogP) is 1.18. The van der Waals surface area contributed by atoms with Crippen molar-refractivity contribution in [2.45, 2.75) is 18.9 Å². The first-order valence-corrected chi connectivity index (χ1v) is 7.79. The van der Waals surface area contributed by atoms with Crippen molar-refractivity contribution >= 4 is 33.3 Å². The number of hydrazine groups is 1. The Morgan fingerprint density at radius 3 is 3.05 bits per heavy atom. The van der Waals surface area contributed by atoms with Gasteiger partial charge in [-0.2, -0.15) is 4.98 Å². The maximum Gasteiger partial charge on any atom is 0.240 e. The summed E-state index contributed by atoms with van der Waals surface area (Å²) in [7, 11) is 0. The molecular weight excluding hydrogens is 274 g/mol. The van der Waals surface area contributed by atoms with Crippen LogP contribution in [0.4, 0.5) is 11.8 Å². The fourth-order valence-corrected chi connectivity index (χ4v) is 4.31. The molecule has 4 N–H and O–H groups in total. The van der Waals surface area contributed by atoms with Crippen molar-refractivity contribution in [2.24, 2.45) is 17.7 Å². The minimum atomic E-state index is -0.156. The van der Waals surface area contributed by atoms with E-state index in [1.54, 1.807) is 11.3 Å². The summed E-state index contributed by atoms with van der Waals surface area (Å²) in [6.45, 7) is 1.84. The van der Waals surface area contributed by atoms with Gasteiger partial charge in [0.2, 0.25) is 5.95 Å². The standard InChI is InChI=1S/C13H17N5OS/c14-17-13-15-11(8-3-4-20-12(8)16-13)18-5-7-1-2-10(19)9(7)6-18/h3-4,7,9-10,19H,1-2,5-6,14H2,(H,15,16,17). The van der Waals surface area contributed by atoms with Crippen LogP contribution in [0.5, 0.6) is 0 Å². The zero-order valence-corrected chi connectivity index (χ0v) is 11.8. The first kappa shape index (κ1) is 12.3. The van der Waals surface area contributed by atoms with Crippen LogP contribution >= 0.6 is 11.3 Å². The van der Waals surface area contributed by atoms with Gasteiger partial charge in [0.05, 0.1) is 11.5 Å². The SMILES string of the molecule is NNc1nc(N2CC3CCC(O)C3C2)c2ccsc2n1. The van der Waals surface area contributed by atoms with Crippen molar-refractivity contribution in [1.29, 1.82) is 0 Å². The first-order valence-electron chi connectivity index (χ1n) is 6.91. The van der Waals surface area contributed by atoms with E-state index in [2.05, 4.69) is 26.4 Å². The van der Waals surface area contributed by atoms with Gasteiger partial charge in [-0.1, -0.05) is 0 Å². The summed E-state index contributed by atoms with van der Waals surface area (Å²) in [5, 5.41) is 13.1. The van der Waals surface area contributed by atoms with Gasteiger partial charge in [-0.15, -0.1) is 11.3 Å². The molecule has 1 aliphatic heterocycles. The quantitative estimate of drug-likeness (QED) is 0.569. The van der Waals surface area contributed by atoms with Crippen LogP contribution in [0.25, 0.3) is 10.2 Å². The smallest absolute Gasteiger partial charge is 0.240 e. The lowest BCUT2D eigenvalue weighted by molar-refractivity contribution is 0.133. The van der Waals surface area contributed by atoms with E-state index in [4.69, 9.17) is 5.84 Å². The number of nitrogens with two attached hydrogens (primary N) is 1. The number of anilines is 2. The zero-order chi connectivity index (χ0) is 13.7. The van der Waals surface area contributed by atoms with E-state index in [1.165, 1.54) is 0 Å². The van der Waals surface area contributed by atoms with Crippen LogP contribution in [-0.4, -0.2) is 34.3 Å². The van der Waals surface area contributed by atoms with E-state index in [-0.39, 0.29) is 6.10 Å². The molecule has 2 aromatic rings. The number of aromatic nitrogens is 2. The summed E-state index contributed by atoms with van der Waals surface area (Å²) < 4.78 is 0. The third-order valence-electron chi connectivity index (χ3n) is 4.55. The number of nitrogens with zero attached hydrogens (tertiary/aromatic N) is 3. The lowest BCUT2D eigenvalue weighted by Gasteiger charge is -2.20. The second kappa shape index (κ2) is 4.54. The topological polar surface area (TPSA) is 87.3 Å². The Morgan fingerprint density at radius 1 is 1.35 bits per heavy atom. The molecule has 6 nitrogen and oxygen atoms in total. The molecule has 1 saturated heterocycles. The Kier molecular flexibility index (Phi) is 2.80. The number of nitrogens with one attached hydrogen (secondary N) is 1. The fraction of sp³-hybridized carbons (Fsp3) is 0.538. The maximum absolute atomic E-state index is 10.0. The molecule has 2 aliphatic rings. The Bertz CT molecular complexity index is 645. The maximum atomic E-state index is 10.0. The molecule has 20 heavy (non-hydrogen) atoms. The molecule has 0 spiro atoms. The molecule has 0 amide bonds. The van der Waals surface area contributed by atoms with Gasteiger partial charge in [0, 0.05) is 19.0 Å². The highest BCUT2D eigenvalue weighted by molar-refractivity contribution is 7.16. The van der Waals surface area contributed by atoms with Gasteiger partial charge in [-0.3, -0.25) is 5.43 Å². The summed E-state index contributed by atoms with van der Waals surface area (Å²) in [6.07, 6.45) is 1.90. The lowest BCUT2D eigenvalue weighted by atomic mass is 10.00. The molecular formula is C13H17N5OS. The number of fused-ring (bicyclic) bond motifs is 2. The average molecular weight is 291 g/mol. The highest BCUT2D eigenvalue weighted by atomic mass is 32.1. The van der Waals surface area contributed by atoms with Crippen LogP contribution in [0.15, 0.2) is 11.4 Å². The molecule has 4 rings (SSSR count). The molecule has 0 radical (unpaired) electrons. The lowest BCUT2D eigenvalue weighted by Crippen LogP contribution is -2.26.